The summed E-state index contributed by atoms with van der Waals surface area (Å²) in [6.45, 7) is 5.69. The Morgan fingerprint density at radius 2 is 1.81 bits per heavy atom. The second-order valence-electron chi connectivity index (χ2n) is 5.92. The fourth-order valence-corrected chi connectivity index (χ4v) is 2.88. The SMILES string of the molecule is CN=C(NCC1CCOC1)N(C)CCC1CCOCC1.I. The van der Waals surface area contributed by atoms with Crippen LogP contribution in [-0.2, 0) is 9.47 Å². The van der Waals surface area contributed by atoms with Gasteiger partial charge in [-0.2, -0.15) is 0 Å². The lowest BCUT2D eigenvalue weighted by molar-refractivity contribution is 0.0625. The maximum Gasteiger partial charge on any atom is 0.193 e. The third-order valence-electron chi connectivity index (χ3n) is 4.36. The summed E-state index contributed by atoms with van der Waals surface area (Å²) >= 11 is 0. The molecule has 0 radical (unpaired) electrons. The third kappa shape index (κ3) is 6.69. The summed E-state index contributed by atoms with van der Waals surface area (Å²) in [5.41, 5.74) is 0. The summed E-state index contributed by atoms with van der Waals surface area (Å²) < 4.78 is 10.8. The highest BCUT2D eigenvalue weighted by molar-refractivity contribution is 14.0. The Kier molecular flexibility index (Phi) is 9.59. The minimum absolute atomic E-state index is 0. The monoisotopic (exact) mass is 411 g/mol. The Balaban J connectivity index is 0.00000220. The summed E-state index contributed by atoms with van der Waals surface area (Å²) in [6, 6.07) is 0. The lowest BCUT2D eigenvalue weighted by Crippen LogP contribution is -2.42. The Morgan fingerprint density at radius 3 is 2.43 bits per heavy atom. The average Bonchev–Trinajstić information content (AvgIpc) is 3.00. The normalized spacial score (nSPS) is 23.7. The molecule has 0 amide bonds. The van der Waals surface area contributed by atoms with Crippen molar-refractivity contribution in [1.29, 1.82) is 0 Å². The molecule has 2 rings (SSSR count). The molecule has 0 aliphatic carbocycles. The van der Waals surface area contributed by atoms with Gasteiger partial charge in [-0.05, 0) is 31.6 Å². The van der Waals surface area contributed by atoms with Crippen molar-refractivity contribution in [2.75, 3.05) is 53.6 Å². The fourth-order valence-electron chi connectivity index (χ4n) is 2.88. The highest BCUT2D eigenvalue weighted by Crippen LogP contribution is 2.18. The Morgan fingerprint density at radius 1 is 1.14 bits per heavy atom. The predicted octanol–water partition coefficient (Wildman–Crippen LogP) is 1.96. The van der Waals surface area contributed by atoms with Gasteiger partial charge in [-0.1, -0.05) is 0 Å². The largest absolute Gasteiger partial charge is 0.381 e. The number of guanidine groups is 1. The summed E-state index contributed by atoms with van der Waals surface area (Å²) in [5, 5.41) is 3.47. The van der Waals surface area contributed by atoms with Crippen molar-refractivity contribution in [2.24, 2.45) is 16.8 Å². The molecule has 1 unspecified atom stereocenters. The van der Waals surface area contributed by atoms with E-state index in [1.54, 1.807) is 0 Å². The van der Waals surface area contributed by atoms with Gasteiger partial charge < -0.3 is 19.7 Å². The quantitative estimate of drug-likeness (QED) is 0.427. The van der Waals surface area contributed by atoms with E-state index in [1.807, 2.05) is 7.05 Å². The highest BCUT2D eigenvalue weighted by atomic mass is 127. The van der Waals surface area contributed by atoms with Crippen LogP contribution in [0.15, 0.2) is 4.99 Å². The van der Waals surface area contributed by atoms with Gasteiger partial charge in [0.05, 0.1) is 6.61 Å². The van der Waals surface area contributed by atoms with Gasteiger partial charge in [-0.3, -0.25) is 4.99 Å². The lowest BCUT2D eigenvalue weighted by atomic mass is 9.96. The maximum atomic E-state index is 5.41. The van der Waals surface area contributed by atoms with Crippen LogP contribution in [-0.4, -0.2) is 64.5 Å². The Labute approximate surface area is 145 Å². The van der Waals surface area contributed by atoms with Gasteiger partial charge in [0, 0.05) is 52.9 Å². The van der Waals surface area contributed by atoms with E-state index in [2.05, 4.69) is 22.3 Å². The average molecular weight is 411 g/mol. The fraction of sp³-hybridized carbons (Fsp3) is 0.933. The van der Waals surface area contributed by atoms with E-state index in [9.17, 15) is 0 Å². The number of nitrogens with zero attached hydrogens (tertiary/aromatic N) is 2. The third-order valence-corrected chi connectivity index (χ3v) is 4.36. The number of nitrogens with one attached hydrogen (secondary N) is 1. The number of ether oxygens (including phenoxy) is 2. The smallest absolute Gasteiger partial charge is 0.193 e. The minimum atomic E-state index is 0. The van der Waals surface area contributed by atoms with Crippen LogP contribution in [0.1, 0.15) is 25.7 Å². The summed E-state index contributed by atoms with van der Waals surface area (Å²) in [7, 11) is 3.98. The maximum absolute atomic E-state index is 5.41. The van der Waals surface area contributed by atoms with Crippen LogP contribution in [0.5, 0.6) is 0 Å². The first-order chi connectivity index (χ1) is 9.79. The first-order valence-corrected chi connectivity index (χ1v) is 7.87. The number of rotatable bonds is 5. The molecule has 0 aromatic heterocycles. The topological polar surface area (TPSA) is 46.1 Å². The molecule has 1 N–H and O–H groups in total. The molecule has 0 aromatic rings. The number of halogens is 1. The van der Waals surface area contributed by atoms with Gasteiger partial charge in [0.2, 0.25) is 0 Å². The van der Waals surface area contributed by atoms with E-state index in [0.717, 1.165) is 57.8 Å². The van der Waals surface area contributed by atoms with E-state index in [4.69, 9.17) is 9.47 Å². The highest BCUT2D eigenvalue weighted by Gasteiger charge is 2.18. The van der Waals surface area contributed by atoms with Crippen molar-refractivity contribution in [3.05, 3.63) is 0 Å². The minimum Gasteiger partial charge on any atom is -0.381 e. The van der Waals surface area contributed by atoms with Crippen LogP contribution < -0.4 is 5.32 Å². The van der Waals surface area contributed by atoms with Crippen molar-refractivity contribution < 1.29 is 9.47 Å². The van der Waals surface area contributed by atoms with Crippen LogP contribution in [0.3, 0.4) is 0 Å². The zero-order valence-electron chi connectivity index (χ0n) is 13.3. The molecule has 0 bridgehead atoms. The molecule has 124 valence electrons. The van der Waals surface area contributed by atoms with Gasteiger partial charge >= 0.3 is 0 Å². The molecule has 0 spiro atoms. The molecule has 2 aliphatic heterocycles. The van der Waals surface area contributed by atoms with Crippen molar-refractivity contribution in [3.8, 4) is 0 Å². The van der Waals surface area contributed by atoms with Crippen LogP contribution >= 0.6 is 24.0 Å². The molecule has 0 aromatic carbocycles. The van der Waals surface area contributed by atoms with Crippen molar-refractivity contribution in [2.45, 2.75) is 25.7 Å². The van der Waals surface area contributed by atoms with Crippen molar-refractivity contribution >= 4 is 29.9 Å². The van der Waals surface area contributed by atoms with Crippen molar-refractivity contribution in [1.82, 2.24) is 10.2 Å². The van der Waals surface area contributed by atoms with Crippen LogP contribution in [0.25, 0.3) is 0 Å². The molecule has 6 heteroatoms. The van der Waals surface area contributed by atoms with Gasteiger partial charge in [-0.15, -0.1) is 24.0 Å². The van der Waals surface area contributed by atoms with Crippen LogP contribution in [0.2, 0.25) is 0 Å². The van der Waals surface area contributed by atoms with Gasteiger partial charge in [0.25, 0.3) is 0 Å². The molecule has 2 aliphatic rings. The molecular formula is C15H30IN3O2. The molecule has 1 atom stereocenters. The molecule has 5 nitrogen and oxygen atoms in total. The number of hydrogen-bond acceptors (Lipinski definition) is 3. The van der Waals surface area contributed by atoms with Gasteiger partial charge in [-0.25, -0.2) is 0 Å². The molecule has 2 fully saturated rings. The van der Waals surface area contributed by atoms with Crippen LogP contribution in [0, 0.1) is 11.8 Å². The first-order valence-electron chi connectivity index (χ1n) is 7.87. The van der Waals surface area contributed by atoms with Crippen molar-refractivity contribution in [3.63, 3.8) is 0 Å². The summed E-state index contributed by atoms with van der Waals surface area (Å²) in [4.78, 5) is 6.62. The summed E-state index contributed by atoms with van der Waals surface area (Å²) in [5.74, 6) is 2.45. The predicted molar refractivity (Wildman–Crippen MR) is 96.5 cm³/mol. The van der Waals surface area contributed by atoms with E-state index >= 15 is 0 Å². The summed E-state index contributed by atoms with van der Waals surface area (Å²) in [6.07, 6.45) is 4.81. The van der Waals surface area contributed by atoms with Gasteiger partial charge in [0.1, 0.15) is 0 Å². The van der Waals surface area contributed by atoms with E-state index in [0.29, 0.717) is 5.92 Å². The second-order valence-corrected chi connectivity index (χ2v) is 5.92. The zero-order chi connectivity index (χ0) is 14.2. The van der Waals surface area contributed by atoms with E-state index < -0.39 is 0 Å². The van der Waals surface area contributed by atoms with Gasteiger partial charge in [0.15, 0.2) is 5.96 Å². The lowest BCUT2D eigenvalue weighted by Gasteiger charge is -2.27. The van der Waals surface area contributed by atoms with E-state index in [-0.39, 0.29) is 24.0 Å². The zero-order valence-corrected chi connectivity index (χ0v) is 15.7. The molecular weight excluding hydrogens is 381 g/mol. The number of aliphatic imine (C=N–C) groups is 1. The first kappa shape index (κ1) is 19.0. The van der Waals surface area contributed by atoms with E-state index in [1.165, 1.54) is 19.3 Å². The standard InChI is InChI=1S/C15H29N3O2.HI/c1-16-15(17-11-14-6-10-20-12-14)18(2)7-3-13-4-8-19-9-5-13;/h13-14H,3-12H2,1-2H3,(H,16,17);1H. The molecule has 21 heavy (non-hydrogen) atoms. The molecule has 2 heterocycles. The van der Waals surface area contributed by atoms with Crippen LogP contribution in [0.4, 0.5) is 0 Å². The number of hydrogen-bond donors (Lipinski definition) is 1. The second kappa shape index (κ2) is 10.6. The molecule has 2 saturated heterocycles. The Hall–Kier alpha value is -0.0800. The molecule has 0 saturated carbocycles. The Bertz CT molecular complexity index is 303.